The van der Waals surface area contributed by atoms with E-state index in [0.717, 1.165) is 6.20 Å². The van der Waals surface area contributed by atoms with Crippen LogP contribution in [0.25, 0.3) is 0 Å². The van der Waals surface area contributed by atoms with Crippen molar-refractivity contribution < 1.29 is 26.7 Å². The molecule has 7 heteroatoms. The van der Waals surface area contributed by atoms with E-state index in [0.29, 0.717) is 6.20 Å². The van der Waals surface area contributed by atoms with Gasteiger partial charge < -0.3 is 4.74 Å². The van der Waals surface area contributed by atoms with Crippen LogP contribution in [0.1, 0.15) is 17.6 Å². The van der Waals surface area contributed by atoms with Gasteiger partial charge in [-0.25, -0.2) is 8.78 Å². The molecule has 1 aromatic rings. The molecule has 84 valence electrons. The third-order valence-corrected chi connectivity index (χ3v) is 1.59. The summed E-state index contributed by atoms with van der Waals surface area (Å²) in [6.07, 6.45) is -6.38. The molecule has 0 aliphatic rings. The number of aryl methyl sites for hydroxylation is 1. The average Bonchev–Trinajstić information content (AvgIpc) is 1.99. The standard InChI is InChI=1S/C8H6F5NO/c1-4-2-14-3-5(6(4)7(9)10)15-8(11,12)13/h2-3,7H,1H3. The first-order chi connectivity index (χ1) is 6.81. The molecule has 0 saturated heterocycles. The van der Waals surface area contributed by atoms with Crippen LogP contribution in [0.5, 0.6) is 5.75 Å². The molecule has 0 aliphatic carbocycles. The maximum absolute atomic E-state index is 12.4. The smallest absolute Gasteiger partial charge is 0.404 e. The van der Waals surface area contributed by atoms with Crippen LogP contribution in [-0.4, -0.2) is 11.3 Å². The van der Waals surface area contributed by atoms with E-state index in [-0.39, 0.29) is 5.56 Å². The average molecular weight is 227 g/mol. The Labute approximate surface area is 81.7 Å². The minimum Gasteiger partial charge on any atom is -0.404 e. The molecule has 2 nitrogen and oxygen atoms in total. The number of pyridine rings is 1. The fourth-order valence-electron chi connectivity index (χ4n) is 1.04. The molecule has 0 amide bonds. The molecule has 0 aliphatic heterocycles. The zero-order chi connectivity index (χ0) is 11.6. The predicted molar refractivity (Wildman–Crippen MR) is 40.6 cm³/mol. The number of nitrogens with zero attached hydrogens (tertiary/aromatic N) is 1. The molecular formula is C8H6F5NO. The highest BCUT2D eigenvalue weighted by atomic mass is 19.4. The second-order valence-electron chi connectivity index (χ2n) is 2.72. The van der Waals surface area contributed by atoms with E-state index < -0.39 is 24.1 Å². The van der Waals surface area contributed by atoms with E-state index in [4.69, 9.17) is 0 Å². The van der Waals surface area contributed by atoms with Gasteiger partial charge in [-0.15, -0.1) is 13.2 Å². The molecule has 0 N–H and O–H groups in total. The van der Waals surface area contributed by atoms with Crippen LogP contribution in [0.2, 0.25) is 0 Å². The number of halogens is 5. The monoisotopic (exact) mass is 227 g/mol. The van der Waals surface area contributed by atoms with E-state index in [9.17, 15) is 22.0 Å². The summed E-state index contributed by atoms with van der Waals surface area (Å²) in [5.41, 5.74) is -0.839. The first-order valence-corrected chi connectivity index (χ1v) is 3.79. The van der Waals surface area contributed by atoms with Gasteiger partial charge in [0.1, 0.15) is 0 Å². The first kappa shape index (κ1) is 11.7. The van der Waals surface area contributed by atoms with Gasteiger partial charge in [0.15, 0.2) is 5.75 Å². The number of hydrogen-bond donors (Lipinski definition) is 0. The van der Waals surface area contributed by atoms with Crippen LogP contribution in [0.3, 0.4) is 0 Å². The Balaban J connectivity index is 3.12. The van der Waals surface area contributed by atoms with E-state index in [2.05, 4.69) is 9.72 Å². The Morgan fingerprint density at radius 2 is 1.87 bits per heavy atom. The third-order valence-electron chi connectivity index (χ3n) is 1.59. The molecule has 0 unspecified atom stereocenters. The third kappa shape index (κ3) is 3.03. The van der Waals surface area contributed by atoms with Crippen LogP contribution >= 0.6 is 0 Å². The number of hydrogen-bond acceptors (Lipinski definition) is 2. The lowest BCUT2D eigenvalue weighted by atomic mass is 10.1. The van der Waals surface area contributed by atoms with Gasteiger partial charge in [-0.1, -0.05) is 0 Å². The van der Waals surface area contributed by atoms with Gasteiger partial charge in [0.25, 0.3) is 6.43 Å². The van der Waals surface area contributed by atoms with Crippen LogP contribution in [0.4, 0.5) is 22.0 Å². The minimum absolute atomic E-state index is 0.0493. The van der Waals surface area contributed by atoms with Gasteiger partial charge in [0.05, 0.1) is 11.8 Å². The quantitative estimate of drug-likeness (QED) is 0.723. The van der Waals surface area contributed by atoms with E-state index >= 15 is 0 Å². The van der Waals surface area contributed by atoms with Gasteiger partial charge in [-0.3, -0.25) is 4.98 Å². The molecule has 0 atom stereocenters. The van der Waals surface area contributed by atoms with Crippen molar-refractivity contribution in [1.29, 1.82) is 0 Å². The second-order valence-corrected chi connectivity index (χ2v) is 2.72. The van der Waals surface area contributed by atoms with Crippen molar-refractivity contribution in [1.82, 2.24) is 4.98 Å². The Bertz CT molecular complexity index is 349. The van der Waals surface area contributed by atoms with Crippen molar-refractivity contribution in [2.45, 2.75) is 19.7 Å². The van der Waals surface area contributed by atoms with E-state index in [1.165, 1.54) is 6.92 Å². The summed E-state index contributed by atoms with van der Waals surface area (Å²) in [5.74, 6) is -0.961. The lowest BCUT2D eigenvalue weighted by Gasteiger charge is -2.13. The highest BCUT2D eigenvalue weighted by Gasteiger charge is 2.33. The highest BCUT2D eigenvalue weighted by molar-refractivity contribution is 5.37. The topological polar surface area (TPSA) is 22.1 Å². The van der Waals surface area contributed by atoms with E-state index in [1.807, 2.05) is 0 Å². The molecule has 0 aromatic carbocycles. The summed E-state index contributed by atoms with van der Waals surface area (Å²) in [5, 5.41) is 0. The van der Waals surface area contributed by atoms with Crippen LogP contribution in [-0.2, 0) is 0 Å². The summed E-state index contributed by atoms with van der Waals surface area (Å²) in [7, 11) is 0. The maximum Gasteiger partial charge on any atom is 0.573 e. The number of rotatable bonds is 2. The lowest BCUT2D eigenvalue weighted by molar-refractivity contribution is -0.275. The first-order valence-electron chi connectivity index (χ1n) is 3.79. The Morgan fingerprint density at radius 1 is 1.27 bits per heavy atom. The molecule has 15 heavy (non-hydrogen) atoms. The highest BCUT2D eigenvalue weighted by Crippen LogP contribution is 2.34. The second kappa shape index (κ2) is 4.00. The molecule has 1 rings (SSSR count). The SMILES string of the molecule is Cc1cncc(OC(F)(F)F)c1C(F)F. The Kier molecular flexibility index (Phi) is 3.11. The normalized spacial score (nSPS) is 11.9. The van der Waals surface area contributed by atoms with Crippen molar-refractivity contribution in [2.75, 3.05) is 0 Å². The molecule has 0 saturated carbocycles. The minimum atomic E-state index is -5.00. The molecule has 1 aromatic heterocycles. The summed E-state index contributed by atoms with van der Waals surface area (Å²) >= 11 is 0. The van der Waals surface area contributed by atoms with Crippen molar-refractivity contribution in [3.05, 3.63) is 23.5 Å². The van der Waals surface area contributed by atoms with Crippen molar-refractivity contribution in [2.24, 2.45) is 0 Å². The summed E-state index contributed by atoms with van der Waals surface area (Å²) in [4.78, 5) is 3.35. The molecule has 0 fully saturated rings. The van der Waals surface area contributed by atoms with Gasteiger partial charge in [0.2, 0.25) is 0 Å². The zero-order valence-electron chi connectivity index (χ0n) is 7.48. The fraction of sp³-hybridized carbons (Fsp3) is 0.375. The van der Waals surface area contributed by atoms with Gasteiger partial charge in [0, 0.05) is 6.20 Å². The lowest BCUT2D eigenvalue weighted by Crippen LogP contribution is -2.18. The largest absolute Gasteiger partial charge is 0.573 e. The van der Waals surface area contributed by atoms with Crippen molar-refractivity contribution in [3.8, 4) is 5.75 Å². The molecule has 0 bridgehead atoms. The van der Waals surface area contributed by atoms with Crippen molar-refractivity contribution in [3.63, 3.8) is 0 Å². The zero-order valence-corrected chi connectivity index (χ0v) is 7.48. The van der Waals surface area contributed by atoms with E-state index in [1.54, 1.807) is 0 Å². The van der Waals surface area contributed by atoms with Crippen molar-refractivity contribution >= 4 is 0 Å². The molecule has 1 heterocycles. The van der Waals surface area contributed by atoms with Gasteiger partial charge >= 0.3 is 6.36 Å². The van der Waals surface area contributed by atoms with Gasteiger partial charge in [-0.2, -0.15) is 0 Å². The molecular weight excluding hydrogens is 221 g/mol. The number of alkyl halides is 5. The maximum atomic E-state index is 12.4. The summed E-state index contributed by atoms with van der Waals surface area (Å²) in [6.45, 7) is 1.23. The summed E-state index contributed by atoms with van der Waals surface area (Å²) in [6, 6.07) is 0. The molecule has 0 spiro atoms. The molecule has 0 radical (unpaired) electrons. The van der Waals surface area contributed by atoms with Crippen LogP contribution in [0, 0.1) is 6.92 Å². The van der Waals surface area contributed by atoms with Crippen LogP contribution in [0.15, 0.2) is 12.4 Å². The fourth-order valence-corrected chi connectivity index (χ4v) is 1.04. The Morgan fingerprint density at radius 3 is 2.33 bits per heavy atom. The van der Waals surface area contributed by atoms with Crippen LogP contribution < -0.4 is 4.74 Å². The Hall–Kier alpha value is -1.40. The number of ether oxygens (including phenoxy) is 1. The summed E-state index contributed by atoms with van der Waals surface area (Å²) < 4.78 is 63.7. The van der Waals surface area contributed by atoms with Gasteiger partial charge in [-0.05, 0) is 12.5 Å². The predicted octanol–water partition coefficient (Wildman–Crippen LogP) is 3.23. The number of aromatic nitrogens is 1.